The van der Waals surface area contributed by atoms with Gasteiger partial charge in [-0.25, -0.2) is 10.3 Å². The standard InChI is InChI=1S/C24H30N4O4/c1-24(2,3)32-23(30)27-21(13-19-12-18-6-4-5-7-20(18)26-19)22(29)28-31-15-17-10-8-16(14-25)9-11-17/h4-12,21,26H,13-15,25H2,1-3H3,(H,27,30)(H,28,29)/t21-/m1/s1. The molecule has 0 unspecified atom stereocenters. The van der Waals surface area contributed by atoms with Crippen LogP contribution in [0.3, 0.4) is 0 Å². The molecule has 0 aliphatic rings. The van der Waals surface area contributed by atoms with Gasteiger partial charge in [-0.15, -0.1) is 0 Å². The van der Waals surface area contributed by atoms with Gasteiger partial charge in [0.1, 0.15) is 11.6 Å². The number of hydrogen-bond donors (Lipinski definition) is 4. The summed E-state index contributed by atoms with van der Waals surface area (Å²) in [5, 5.41) is 3.67. The Morgan fingerprint density at radius 3 is 2.41 bits per heavy atom. The van der Waals surface area contributed by atoms with Gasteiger partial charge in [-0.05, 0) is 49.4 Å². The minimum absolute atomic E-state index is 0.183. The number of nitrogens with one attached hydrogen (secondary N) is 3. The van der Waals surface area contributed by atoms with Gasteiger partial charge < -0.3 is 20.8 Å². The van der Waals surface area contributed by atoms with Crippen molar-refractivity contribution >= 4 is 22.9 Å². The molecule has 0 bridgehead atoms. The number of rotatable bonds is 8. The highest BCUT2D eigenvalue weighted by Crippen LogP contribution is 2.16. The average Bonchev–Trinajstić information content (AvgIpc) is 3.14. The number of aromatic amines is 1. The fourth-order valence-corrected chi connectivity index (χ4v) is 3.16. The first-order valence-electron chi connectivity index (χ1n) is 10.5. The summed E-state index contributed by atoms with van der Waals surface area (Å²) in [5.41, 5.74) is 11.0. The van der Waals surface area contributed by atoms with E-state index in [9.17, 15) is 9.59 Å². The number of para-hydroxylation sites is 1. The SMILES string of the molecule is CC(C)(C)OC(=O)N[C@H](Cc1cc2ccccc2[nH]1)C(=O)NOCc1ccc(CN)cc1. The van der Waals surface area contributed by atoms with Crippen LogP contribution in [0, 0.1) is 0 Å². The van der Waals surface area contributed by atoms with Gasteiger partial charge in [0.05, 0.1) is 6.61 Å². The van der Waals surface area contributed by atoms with E-state index in [1.54, 1.807) is 20.8 Å². The number of benzene rings is 2. The Bertz CT molecular complexity index is 1020. The number of ether oxygens (including phenoxy) is 1. The van der Waals surface area contributed by atoms with Gasteiger partial charge in [-0.2, -0.15) is 0 Å². The zero-order valence-corrected chi connectivity index (χ0v) is 18.6. The molecule has 1 atom stereocenters. The molecule has 0 saturated carbocycles. The normalized spacial score (nSPS) is 12.4. The van der Waals surface area contributed by atoms with Crippen LogP contribution in [0.15, 0.2) is 54.6 Å². The van der Waals surface area contributed by atoms with Crippen molar-refractivity contribution in [2.45, 2.75) is 52.0 Å². The first kappa shape index (κ1) is 23.3. The number of alkyl carbamates (subject to hydrolysis) is 1. The van der Waals surface area contributed by atoms with Crippen molar-refractivity contribution in [3.05, 3.63) is 71.4 Å². The lowest BCUT2D eigenvalue weighted by Crippen LogP contribution is -2.49. The van der Waals surface area contributed by atoms with E-state index in [1.165, 1.54) is 0 Å². The smallest absolute Gasteiger partial charge is 0.408 e. The van der Waals surface area contributed by atoms with Gasteiger partial charge in [0, 0.05) is 24.2 Å². The number of nitrogens with two attached hydrogens (primary N) is 1. The highest BCUT2D eigenvalue weighted by atomic mass is 16.7. The molecule has 8 heteroatoms. The quantitative estimate of drug-likeness (QED) is 0.403. The van der Waals surface area contributed by atoms with Crippen LogP contribution in [0.1, 0.15) is 37.6 Å². The fourth-order valence-electron chi connectivity index (χ4n) is 3.16. The summed E-state index contributed by atoms with van der Waals surface area (Å²) in [7, 11) is 0. The Morgan fingerprint density at radius 1 is 1.06 bits per heavy atom. The second kappa shape index (κ2) is 10.3. The zero-order chi connectivity index (χ0) is 23.1. The largest absolute Gasteiger partial charge is 0.444 e. The molecular weight excluding hydrogens is 408 g/mol. The molecular formula is C24H30N4O4. The minimum atomic E-state index is -0.891. The molecule has 3 rings (SSSR count). The van der Waals surface area contributed by atoms with Crippen molar-refractivity contribution < 1.29 is 19.2 Å². The molecule has 0 spiro atoms. The van der Waals surface area contributed by atoms with Gasteiger partial charge in [-0.1, -0.05) is 42.5 Å². The third kappa shape index (κ3) is 6.83. The van der Waals surface area contributed by atoms with E-state index in [-0.39, 0.29) is 13.0 Å². The summed E-state index contributed by atoms with van der Waals surface area (Å²) in [6, 6.07) is 16.4. The highest BCUT2D eigenvalue weighted by Gasteiger charge is 2.25. The Labute approximate surface area is 187 Å². The monoisotopic (exact) mass is 438 g/mol. The number of carbonyl (C=O) groups excluding carboxylic acids is 2. The lowest BCUT2D eigenvalue weighted by atomic mass is 10.1. The third-order valence-electron chi connectivity index (χ3n) is 4.69. The number of fused-ring (bicyclic) bond motifs is 1. The Balaban J connectivity index is 1.65. The highest BCUT2D eigenvalue weighted by molar-refractivity contribution is 5.86. The maximum Gasteiger partial charge on any atom is 0.408 e. The molecule has 8 nitrogen and oxygen atoms in total. The van der Waals surface area contributed by atoms with Gasteiger partial charge in [0.25, 0.3) is 5.91 Å². The number of carbonyl (C=O) groups is 2. The first-order chi connectivity index (χ1) is 15.2. The Kier molecular flexibility index (Phi) is 7.50. The van der Waals surface area contributed by atoms with E-state index in [0.717, 1.165) is 27.7 Å². The topological polar surface area (TPSA) is 118 Å². The first-order valence-corrected chi connectivity index (χ1v) is 10.5. The Hall–Kier alpha value is -3.36. The van der Waals surface area contributed by atoms with E-state index >= 15 is 0 Å². The van der Waals surface area contributed by atoms with Crippen LogP contribution >= 0.6 is 0 Å². The molecule has 1 heterocycles. The minimum Gasteiger partial charge on any atom is -0.444 e. The van der Waals surface area contributed by atoms with Crippen LogP contribution in [0.25, 0.3) is 10.9 Å². The van der Waals surface area contributed by atoms with Crippen LogP contribution in [-0.2, 0) is 33.9 Å². The maximum atomic E-state index is 12.8. The lowest BCUT2D eigenvalue weighted by molar-refractivity contribution is -0.136. The van der Waals surface area contributed by atoms with Crippen molar-refractivity contribution in [1.82, 2.24) is 15.8 Å². The maximum absolute atomic E-state index is 12.8. The van der Waals surface area contributed by atoms with E-state index in [2.05, 4.69) is 15.8 Å². The van der Waals surface area contributed by atoms with Crippen LogP contribution in [-0.4, -0.2) is 28.6 Å². The number of hydrogen-bond acceptors (Lipinski definition) is 5. The molecule has 2 amide bonds. The third-order valence-corrected chi connectivity index (χ3v) is 4.69. The van der Waals surface area contributed by atoms with Crippen molar-refractivity contribution in [3.63, 3.8) is 0 Å². The van der Waals surface area contributed by atoms with Crippen LogP contribution < -0.4 is 16.5 Å². The fraction of sp³-hybridized carbons (Fsp3) is 0.333. The van der Waals surface area contributed by atoms with Gasteiger partial charge in [0.15, 0.2) is 0 Å². The summed E-state index contributed by atoms with van der Waals surface area (Å²) < 4.78 is 5.32. The summed E-state index contributed by atoms with van der Waals surface area (Å²) in [4.78, 5) is 33.8. The van der Waals surface area contributed by atoms with Crippen molar-refractivity contribution in [3.8, 4) is 0 Å². The van der Waals surface area contributed by atoms with Crippen LogP contribution in [0.2, 0.25) is 0 Å². The summed E-state index contributed by atoms with van der Waals surface area (Å²) >= 11 is 0. The average molecular weight is 439 g/mol. The molecule has 0 aliphatic carbocycles. The summed E-state index contributed by atoms with van der Waals surface area (Å²) in [5.74, 6) is -0.479. The Morgan fingerprint density at radius 2 is 1.75 bits per heavy atom. The number of amides is 2. The number of H-pyrrole nitrogens is 1. The molecule has 0 fully saturated rings. The molecule has 5 N–H and O–H groups in total. The second-order valence-corrected chi connectivity index (χ2v) is 8.56. The second-order valence-electron chi connectivity index (χ2n) is 8.56. The molecule has 0 saturated heterocycles. The van der Waals surface area contributed by atoms with Crippen molar-refractivity contribution in [2.24, 2.45) is 5.73 Å². The molecule has 170 valence electrons. The molecule has 2 aromatic carbocycles. The van der Waals surface area contributed by atoms with E-state index in [0.29, 0.717) is 6.54 Å². The summed E-state index contributed by atoms with van der Waals surface area (Å²) in [6.07, 6.45) is -0.431. The van der Waals surface area contributed by atoms with Crippen molar-refractivity contribution in [2.75, 3.05) is 0 Å². The molecule has 0 radical (unpaired) electrons. The predicted molar refractivity (Wildman–Crippen MR) is 122 cm³/mol. The van der Waals surface area contributed by atoms with E-state index < -0.39 is 23.6 Å². The number of aromatic nitrogens is 1. The van der Waals surface area contributed by atoms with Crippen molar-refractivity contribution in [1.29, 1.82) is 0 Å². The molecule has 1 aromatic heterocycles. The number of hydroxylamine groups is 1. The molecule has 3 aromatic rings. The molecule has 0 aliphatic heterocycles. The lowest BCUT2D eigenvalue weighted by Gasteiger charge is -2.23. The van der Waals surface area contributed by atoms with E-state index in [1.807, 2.05) is 54.6 Å². The summed E-state index contributed by atoms with van der Waals surface area (Å²) in [6.45, 7) is 5.93. The zero-order valence-electron chi connectivity index (χ0n) is 18.6. The van der Waals surface area contributed by atoms with Gasteiger partial charge in [0.2, 0.25) is 0 Å². The van der Waals surface area contributed by atoms with Gasteiger partial charge in [-0.3, -0.25) is 9.63 Å². The molecule has 32 heavy (non-hydrogen) atoms. The predicted octanol–water partition coefficient (Wildman–Crippen LogP) is 3.31. The van der Waals surface area contributed by atoms with Crippen LogP contribution in [0.5, 0.6) is 0 Å². The van der Waals surface area contributed by atoms with Gasteiger partial charge >= 0.3 is 6.09 Å². The van der Waals surface area contributed by atoms with Crippen LogP contribution in [0.4, 0.5) is 4.79 Å². The van der Waals surface area contributed by atoms with E-state index in [4.69, 9.17) is 15.3 Å².